The van der Waals surface area contributed by atoms with E-state index in [-0.39, 0.29) is 28.7 Å². The first-order valence-corrected chi connectivity index (χ1v) is 9.80. The summed E-state index contributed by atoms with van der Waals surface area (Å²) in [5.74, 6) is 0.998. The number of hydrogen-bond donors (Lipinski definition) is 1. The number of anilines is 2. The summed E-state index contributed by atoms with van der Waals surface area (Å²) in [7, 11) is 0. The molecule has 28 heavy (non-hydrogen) atoms. The summed E-state index contributed by atoms with van der Waals surface area (Å²) < 4.78 is 0.979. The van der Waals surface area contributed by atoms with Crippen molar-refractivity contribution in [3.63, 3.8) is 0 Å². The van der Waals surface area contributed by atoms with Gasteiger partial charge in [0.05, 0.1) is 0 Å². The van der Waals surface area contributed by atoms with E-state index in [1.807, 2.05) is 18.3 Å². The number of piperazine rings is 1. The number of hydrogen-bond acceptors (Lipinski definition) is 5. The third-order valence-electron chi connectivity index (χ3n) is 4.64. The number of nitrogens with one attached hydrogen (secondary N) is 1. The van der Waals surface area contributed by atoms with E-state index in [0.717, 1.165) is 48.7 Å². The summed E-state index contributed by atoms with van der Waals surface area (Å²) in [5, 5.41) is 2.89. The molecule has 1 aliphatic rings. The van der Waals surface area contributed by atoms with Gasteiger partial charge in [0.15, 0.2) is 5.78 Å². The van der Waals surface area contributed by atoms with Crippen molar-refractivity contribution < 1.29 is 9.59 Å². The Bertz CT molecular complexity index is 789. The van der Waals surface area contributed by atoms with Crippen molar-refractivity contribution in [3.8, 4) is 0 Å². The van der Waals surface area contributed by atoms with Crippen LogP contribution in [-0.2, 0) is 4.79 Å². The van der Waals surface area contributed by atoms with Crippen molar-refractivity contribution in [1.82, 2.24) is 9.88 Å². The fraction of sp³-hybridized carbons (Fsp3) is 0.350. The Balaban J connectivity index is 0.00000280. The van der Waals surface area contributed by atoms with Crippen LogP contribution in [0.25, 0.3) is 0 Å². The van der Waals surface area contributed by atoms with E-state index >= 15 is 0 Å². The second-order valence-corrected chi connectivity index (χ2v) is 7.51. The maximum atomic E-state index is 12.2. The van der Waals surface area contributed by atoms with Gasteiger partial charge in [0.2, 0.25) is 5.91 Å². The largest absolute Gasteiger partial charge is 0.354 e. The van der Waals surface area contributed by atoms with E-state index in [4.69, 9.17) is 0 Å². The number of carbonyl (C=O) groups excluding carboxylic acids is 2. The number of amides is 1. The van der Waals surface area contributed by atoms with Gasteiger partial charge in [0.1, 0.15) is 5.82 Å². The second kappa shape index (κ2) is 10.7. The van der Waals surface area contributed by atoms with Gasteiger partial charge in [-0.3, -0.25) is 14.5 Å². The van der Waals surface area contributed by atoms with Crippen molar-refractivity contribution >= 4 is 56.1 Å². The average molecular weight is 512 g/mol. The zero-order valence-corrected chi connectivity index (χ0v) is 19.0. The lowest BCUT2D eigenvalue weighted by molar-refractivity contribution is -0.116. The molecule has 1 amide bonds. The summed E-state index contributed by atoms with van der Waals surface area (Å²) in [5.41, 5.74) is 1.36. The molecule has 0 bridgehead atoms. The minimum atomic E-state index is -0.0115. The Hall–Kier alpha value is -1.77. The monoisotopic (exact) mass is 510 g/mol. The second-order valence-electron chi connectivity index (χ2n) is 6.60. The molecule has 150 valence electrons. The molecule has 3 rings (SSSR count). The van der Waals surface area contributed by atoms with Gasteiger partial charge in [0, 0.05) is 61.1 Å². The van der Waals surface area contributed by atoms with Crippen molar-refractivity contribution in [2.75, 3.05) is 42.9 Å². The molecule has 1 aliphatic heterocycles. The van der Waals surface area contributed by atoms with Crippen LogP contribution in [0, 0.1) is 0 Å². The summed E-state index contributed by atoms with van der Waals surface area (Å²) in [4.78, 5) is 32.4. The number of benzene rings is 1. The first kappa shape index (κ1) is 22.5. The van der Waals surface area contributed by atoms with Crippen LogP contribution in [0.2, 0.25) is 0 Å². The van der Waals surface area contributed by atoms with Gasteiger partial charge in [0.25, 0.3) is 0 Å². The number of rotatable bonds is 6. The molecule has 0 aliphatic carbocycles. The van der Waals surface area contributed by atoms with Gasteiger partial charge in [-0.05, 0) is 59.3 Å². The van der Waals surface area contributed by atoms with Crippen LogP contribution in [-0.4, -0.2) is 54.3 Å². The molecule has 0 saturated carbocycles. The highest BCUT2D eigenvalue weighted by molar-refractivity contribution is 9.10. The van der Waals surface area contributed by atoms with E-state index in [9.17, 15) is 9.59 Å². The number of Topliss-reactive ketones (excluding diaryl/α,β-unsaturated/α-hetero) is 1. The predicted molar refractivity (Wildman–Crippen MR) is 121 cm³/mol. The van der Waals surface area contributed by atoms with Crippen LogP contribution in [0.1, 0.15) is 23.7 Å². The zero-order valence-electron chi connectivity index (χ0n) is 15.7. The lowest BCUT2D eigenvalue weighted by Gasteiger charge is -2.35. The SMILES string of the molecule is Br.CC(=O)c1ccc(NC(=O)CCN2CCN(c3ccc(Br)cn3)CC2)cc1. The lowest BCUT2D eigenvalue weighted by Crippen LogP contribution is -2.47. The van der Waals surface area contributed by atoms with Crippen molar-refractivity contribution in [3.05, 3.63) is 52.6 Å². The highest BCUT2D eigenvalue weighted by Crippen LogP contribution is 2.17. The van der Waals surface area contributed by atoms with Crippen LogP contribution in [0.5, 0.6) is 0 Å². The van der Waals surface area contributed by atoms with Crippen molar-refractivity contribution in [2.45, 2.75) is 13.3 Å². The third-order valence-corrected chi connectivity index (χ3v) is 5.11. The number of carbonyl (C=O) groups is 2. The fourth-order valence-corrected chi connectivity index (χ4v) is 3.26. The molecule has 8 heteroatoms. The number of nitrogens with zero attached hydrogens (tertiary/aromatic N) is 3. The van der Waals surface area contributed by atoms with E-state index in [0.29, 0.717) is 12.0 Å². The third kappa shape index (κ3) is 6.39. The minimum Gasteiger partial charge on any atom is -0.354 e. The van der Waals surface area contributed by atoms with Crippen LogP contribution >= 0.6 is 32.9 Å². The molecule has 6 nitrogen and oxygen atoms in total. The van der Waals surface area contributed by atoms with Gasteiger partial charge in [-0.2, -0.15) is 0 Å². The lowest BCUT2D eigenvalue weighted by atomic mass is 10.1. The van der Waals surface area contributed by atoms with Crippen LogP contribution < -0.4 is 10.2 Å². The van der Waals surface area contributed by atoms with E-state index in [1.165, 1.54) is 6.92 Å². The number of ketones is 1. The molecule has 1 saturated heterocycles. The Morgan fingerprint density at radius 2 is 1.75 bits per heavy atom. The van der Waals surface area contributed by atoms with Crippen LogP contribution in [0.15, 0.2) is 47.1 Å². The summed E-state index contributed by atoms with van der Waals surface area (Å²) in [6, 6.07) is 11.0. The fourth-order valence-electron chi connectivity index (χ4n) is 3.03. The Labute approximate surface area is 184 Å². The maximum Gasteiger partial charge on any atom is 0.225 e. The standard InChI is InChI=1S/C20H23BrN4O2.BrH/c1-15(26)16-2-5-18(6-3-16)23-20(27)8-9-24-10-12-25(13-11-24)19-7-4-17(21)14-22-19;/h2-7,14H,8-13H2,1H3,(H,23,27);1H. The summed E-state index contributed by atoms with van der Waals surface area (Å²) in [6.45, 7) is 5.90. The topological polar surface area (TPSA) is 65.5 Å². The average Bonchev–Trinajstić information content (AvgIpc) is 2.68. The van der Waals surface area contributed by atoms with Gasteiger partial charge >= 0.3 is 0 Å². The molecule has 2 heterocycles. The quantitative estimate of drug-likeness (QED) is 0.598. The van der Waals surface area contributed by atoms with Crippen molar-refractivity contribution in [2.24, 2.45) is 0 Å². The molecule has 1 aromatic carbocycles. The molecular weight excluding hydrogens is 488 g/mol. The minimum absolute atomic E-state index is 0. The normalized spacial score (nSPS) is 14.3. The van der Waals surface area contributed by atoms with Gasteiger partial charge in [-0.1, -0.05) is 0 Å². The molecule has 1 fully saturated rings. The molecular formula is C20H24Br2N4O2. The number of aromatic nitrogens is 1. The smallest absolute Gasteiger partial charge is 0.225 e. The Morgan fingerprint density at radius 1 is 1.07 bits per heavy atom. The number of pyridine rings is 1. The molecule has 0 radical (unpaired) electrons. The Morgan fingerprint density at radius 3 is 2.32 bits per heavy atom. The molecule has 2 aromatic rings. The first-order valence-electron chi connectivity index (χ1n) is 9.01. The van der Waals surface area contributed by atoms with Gasteiger partial charge in [-0.15, -0.1) is 17.0 Å². The molecule has 0 spiro atoms. The number of halogens is 2. The maximum absolute atomic E-state index is 12.2. The highest BCUT2D eigenvalue weighted by Gasteiger charge is 2.18. The molecule has 1 aromatic heterocycles. The highest BCUT2D eigenvalue weighted by atomic mass is 79.9. The van der Waals surface area contributed by atoms with Gasteiger partial charge in [-0.25, -0.2) is 4.98 Å². The summed E-state index contributed by atoms with van der Waals surface area (Å²) >= 11 is 3.40. The first-order chi connectivity index (χ1) is 13.0. The summed E-state index contributed by atoms with van der Waals surface area (Å²) in [6.07, 6.45) is 2.26. The van der Waals surface area contributed by atoms with E-state index in [1.54, 1.807) is 24.3 Å². The Kier molecular flexibility index (Phi) is 8.59. The van der Waals surface area contributed by atoms with E-state index in [2.05, 4.69) is 36.0 Å². The molecule has 0 unspecified atom stereocenters. The molecule has 1 N–H and O–H groups in total. The van der Waals surface area contributed by atoms with Gasteiger partial charge < -0.3 is 10.2 Å². The van der Waals surface area contributed by atoms with Crippen molar-refractivity contribution in [1.29, 1.82) is 0 Å². The van der Waals surface area contributed by atoms with E-state index < -0.39 is 0 Å². The van der Waals surface area contributed by atoms with Crippen LogP contribution in [0.4, 0.5) is 11.5 Å². The van der Waals surface area contributed by atoms with Crippen LogP contribution in [0.3, 0.4) is 0 Å². The predicted octanol–water partition coefficient (Wildman–Crippen LogP) is 3.78. The zero-order chi connectivity index (χ0) is 19.2. The molecule has 0 atom stereocenters.